The molecule has 1 saturated heterocycles. The molecule has 0 bridgehead atoms. The highest BCUT2D eigenvalue weighted by Crippen LogP contribution is 2.32. The molecule has 1 aromatic carbocycles. The molecule has 2 rings (SSSR count). The molecule has 0 spiro atoms. The highest BCUT2D eigenvalue weighted by molar-refractivity contribution is 5.65. The number of benzene rings is 1. The Morgan fingerprint density at radius 2 is 2.13 bits per heavy atom. The van der Waals surface area contributed by atoms with Gasteiger partial charge >= 0.3 is 12.3 Å². The summed E-state index contributed by atoms with van der Waals surface area (Å²) in [6.45, 7) is 1.20. The lowest BCUT2D eigenvalue weighted by Crippen LogP contribution is -2.52. The number of alkyl halides is 3. The van der Waals surface area contributed by atoms with Crippen molar-refractivity contribution in [2.45, 2.75) is 18.6 Å². The van der Waals surface area contributed by atoms with Gasteiger partial charge in [0.05, 0.1) is 12.2 Å². The number of nitrogens with one attached hydrogen (secondary N) is 1. The quantitative estimate of drug-likeness (QED) is 0.830. The minimum absolute atomic E-state index is 0.0475. The van der Waals surface area contributed by atoms with Crippen molar-refractivity contribution in [3.63, 3.8) is 0 Å². The van der Waals surface area contributed by atoms with Crippen LogP contribution in [0.2, 0.25) is 0 Å². The third kappa shape index (κ3) is 4.98. The van der Waals surface area contributed by atoms with E-state index in [9.17, 15) is 22.4 Å². The second-order valence-electron chi connectivity index (χ2n) is 5.19. The van der Waals surface area contributed by atoms with E-state index in [1.54, 1.807) is 0 Å². The van der Waals surface area contributed by atoms with E-state index in [-0.39, 0.29) is 24.9 Å². The Morgan fingerprint density at radius 3 is 2.78 bits per heavy atom. The SMILES string of the molecule is O=C(O)N1CCN[C@H](CCOc2cc(F)cc(C(F)(F)F)c2)C1. The van der Waals surface area contributed by atoms with E-state index in [2.05, 4.69) is 5.32 Å². The van der Waals surface area contributed by atoms with E-state index < -0.39 is 23.7 Å². The molecule has 1 heterocycles. The van der Waals surface area contributed by atoms with Crippen molar-refractivity contribution >= 4 is 6.09 Å². The summed E-state index contributed by atoms with van der Waals surface area (Å²) < 4.78 is 56.1. The first-order valence-corrected chi connectivity index (χ1v) is 6.97. The number of carbonyl (C=O) groups is 1. The fourth-order valence-corrected chi connectivity index (χ4v) is 2.32. The number of rotatable bonds is 4. The van der Waals surface area contributed by atoms with Gasteiger partial charge in [0.1, 0.15) is 11.6 Å². The first kappa shape index (κ1) is 17.3. The zero-order valence-corrected chi connectivity index (χ0v) is 12.1. The fourth-order valence-electron chi connectivity index (χ4n) is 2.32. The average molecular weight is 336 g/mol. The highest BCUT2D eigenvalue weighted by atomic mass is 19.4. The molecule has 0 aliphatic carbocycles. The Kier molecular flexibility index (Phi) is 5.30. The number of hydrogen-bond donors (Lipinski definition) is 2. The molecule has 0 radical (unpaired) electrons. The molecule has 1 aromatic rings. The van der Waals surface area contributed by atoms with Gasteiger partial charge < -0.3 is 20.1 Å². The van der Waals surface area contributed by atoms with Gasteiger partial charge in [0.2, 0.25) is 0 Å². The smallest absolute Gasteiger partial charge is 0.416 e. The van der Waals surface area contributed by atoms with Gasteiger partial charge in [-0.2, -0.15) is 13.2 Å². The molecule has 1 fully saturated rings. The Balaban J connectivity index is 1.89. The van der Waals surface area contributed by atoms with Crippen molar-refractivity contribution < 1.29 is 32.2 Å². The lowest BCUT2D eigenvalue weighted by atomic mass is 10.1. The van der Waals surface area contributed by atoms with Crippen molar-refractivity contribution in [1.29, 1.82) is 0 Å². The van der Waals surface area contributed by atoms with Crippen LogP contribution in [0.1, 0.15) is 12.0 Å². The van der Waals surface area contributed by atoms with Gasteiger partial charge in [-0.25, -0.2) is 9.18 Å². The maximum absolute atomic E-state index is 13.2. The summed E-state index contributed by atoms with van der Waals surface area (Å²) >= 11 is 0. The van der Waals surface area contributed by atoms with Crippen LogP contribution >= 0.6 is 0 Å². The molecule has 1 amide bonds. The average Bonchev–Trinajstić information content (AvgIpc) is 2.46. The van der Waals surface area contributed by atoms with Crippen LogP contribution in [0.15, 0.2) is 18.2 Å². The molecule has 1 atom stereocenters. The van der Waals surface area contributed by atoms with Gasteiger partial charge in [0.15, 0.2) is 0 Å². The minimum Gasteiger partial charge on any atom is -0.493 e. The van der Waals surface area contributed by atoms with Crippen LogP contribution in [0, 0.1) is 5.82 Å². The van der Waals surface area contributed by atoms with E-state index in [1.807, 2.05) is 0 Å². The lowest BCUT2D eigenvalue weighted by molar-refractivity contribution is -0.137. The molecule has 1 aliphatic rings. The van der Waals surface area contributed by atoms with Crippen molar-refractivity contribution in [3.05, 3.63) is 29.6 Å². The summed E-state index contributed by atoms with van der Waals surface area (Å²) in [4.78, 5) is 12.1. The molecule has 9 heteroatoms. The van der Waals surface area contributed by atoms with Gasteiger partial charge in [-0.05, 0) is 18.6 Å². The van der Waals surface area contributed by atoms with Crippen LogP contribution in [-0.4, -0.2) is 48.4 Å². The molecule has 5 nitrogen and oxygen atoms in total. The van der Waals surface area contributed by atoms with E-state index in [1.165, 1.54) is 4.90 Å². The topological polar surface area (TPSA) is 61.8 Å². The Hall–Kier alpha value is -2.03. The number of amides is 1. The first-order valence-electron chi connectivity index (χ1n) is 6.97. The van der Waals surface area contributed by atoms with Crippen LogP contribution in [0.25, 0.3) is 0 Å². The van der Waals surface area contributed by atoms with Crippen molar-refractivity contribution in [2.75, 3.05) is 26.2 Å². The van der Waals surface area contributed by atoms with Crippen LogP contribution in [0.4, 0.5) is 22.4 Å². The largest absolute Gasteiger partial charge is 0.493 e. The highest BCUT2D eigenvalue weighted by Gasteiger charge is 2.31. The number of nitrogens with zero attached hydrogens (tertiary/aromatic N) is 1. The Morgan fingerprint density at radius 1 is 1.39 bits per heavy atom. The maximum Gasteiger partial charge on any atom is 0.416 e. The van der Waals surface area contributed by atoms with Gasteiger partial charge in [-0.3, -0.25) is 0 Å². The van der Waals surface area contributed by atoms with Crippen LogP contribution in [-0.2, 0) is 6.18 Å². The van der Waals surface area contributed by atoms with Gasteiger partial charge in [0, 0.05) is 31.7 Å². The van der Waals surface area contributed by atoms with E-state index in [0.29, 0.717) is 25.6 Å². The first-order chi connectivity index (χ1) is 10.8. The second kappa shape index (κ2) is 7.03. The summed E-state index contributed by atoms with van der Waals surface area (Å²) in [5.74, 6) is -1.23. The Bertz CT molecular complexity index is 565. The summed E-state index contributed by atoms with van der Waals surface area (Å²) in [5, 5.41) is 12.0. The molecular weight excluding hydrogens is 320 g/mol. The number of piperazine rings is 1. The molecule has 128 valence electrons. The number of ether oxygens (including phenoxy) is 1. The zero-order valence-electron chi connectivity index (χ0n) is 12.1. The van der Waals surface area contributed by atoms with E-state index in [4.69, 9.17) is 9.84 Å². The maximum atomic E-state index is 13.2. The third-order valence-electron chi connectivity index (χ3n) is 3.46. The summed E-state index contributed by atoms with van der Waals surface area (Å²) in [6, 6.07) is 1.87. The van der Waals surface area contributed by atoms with Gasteiger partial charge in [-0.15, -0.1) is 0 Å². The van der Waals surface area contributed by atoms with Crippen LogP contribution in [0.3, 0.4) is 0 Å². The fraction of sp³-hybridized carbons (Fsp3) is 0.500. The second-order valence-corrected chi connectivity index (χ2v) is 5.19. The molecule has 2 N–H and O–H groups in total. The molecule has 1 aliphatic heterocycles. The zero-order chi connectivity index (χ0) is 17.0. The van der Waals surface area contributed by atoms with Gasteiger partial charge in [-0.1, -0.05) is 0 Å². The normalized spacial score (nSPS) is 18.8. The third-order valence-corrected chi connectivity index (χ3v) is 3.46. The monoisotopic (exact) mass is 336 g/mol. The predicted octanol–water partition coefficient (Wildman–Crippen LogP) is 2.57. The summed E-state index contributed by atoms with van der Waals surface area (Å²) in [6.07, 6.45) is -5.27. The number of hydrogen-bond acceptors (Lipinski definition) is 3. The van der Waals surface area contributed by atoms with Crippen LogP contribution in [0.5, 0.6) is 5.75 Å². The van der Waals surface area contributed by atoms with Crippen molar-refractivity contribution in [1.82, 2.24) is 10.2 Å². The van der Waals surface area contributed by atoms with E-state index >= 15 is 0 Å². The van der Waals surface area contributed by atoms with Gasteiger partial charge in [0.25, 0.3) is 0 Å². The molecule has 0 saturated carbocycles. The summed E-state index contributed by atoms with van der Waals surface area (Å²) in [5.41, 5.74) is -1.11. The lowest BCUT2D eigenvalue weighted by Gasteiger charge is -2.31. The van der Waals surface area contributed by atoms with E-state index in [0.717, 1.165) is 12.1 Å². The number of carboxylic acid groups (broad SMARTS) is 1. The molecule has 23 heavy (non-hydrogen) atoms. The molecule has 0 unspecified atom stereocenters. The minimum atomic E-state index is -4.65. The Labute approximate surface area is 129 Å². The standard InChI is InChI=1S/C14H16F4N2O3/c15-10-5-9(14(16,17)18)6-12(7-10)23-4-1-11-8-20(13(21)22)3-2-19-11/h5-7,11,19H,1-4,8H2,(H,21,22)/t11-/m1/s1. The molecular formula is C14H16F4N2O3. The van der Waals surface area contributed by atoms with Crippen molar-refractivity contribution in [2.24, 2.45) is 0 Å². The summed E-state index contributed by atoms with van der Waals surface area (Å²) in [7, 11) is 0. The predicted molar refractivity (Wildman–Crippen MR) is 72.9 cm³/mol. The van der Waals surface area contributed by atoms with Crippen LogP contribution < -0.4 is 10.1 Å². The molecule has 0 aromatic heterocycles. The van der Waals surface area contributed by atoms with Crippen molar-refractivity contribution in [3.8, 4) is 5.75 Å². The number of halogens is 4.